The molecular formula is C19H29N3O3S. The van der Waals surface area contributed by atoms with Gasteiger partial charge in [0.1, 0.15) is 6.17 Å². The monoisotopic (exact) mass is 379 g/mol. The summed E-state index contributed by atoms with van der Waals surface area (Å²) in [5.41, 5.74) is 0. The van der Waals surface area contributed by atoms with Crippen molar-refractivity contribution in [3.8, 4) is 0 Å². The van der Waals surface area contributed by atoms with E-state index in [4.69, 9.17) is 0 Å². The minimum Gasteiger partial charge on any atom is -0.325 e. The van der Waals surface area contributed by atoms with E-state index in [9.17, 15) is 13.2 Å². The maximum absolute atomic E-state index is 13.2. The van der Waals surface area contributed by atoms with E-state index in [0.29, 0.717) is 31.0 Å². The second kappa shape index (κ2) is 8.06. The molecule has 2 saturated heterocycles. The quantitative estimate of drug-likeness (QED) is 0.785. The van der Waals surface area contributed by atoms with Crippen LogP contribution in [0.2, 0.25) is 0 Å². The van der Waals surface area contributed by atoms with E-state index in [1.54, 1.807) is 35.2 Å². The normalized spacial score (nSPS) is 22.9. The van der Waals surface area contributed by atoms with Gasteiger partial charge in [0, 0.05) is 13.1 Å². The average molecular weight is 380 g/mol. The van der Waals surface area contributed by atoms with E-state index in [1.165, 1.54) is 4.31 Å². The highest BCUT2D eigenvalue weighted by Crippen LogP contribution is 2.28. The van der Waals surface area contributed by atoms with E-state index < -0.39 is 16.2 Å². The van der Waals surface area contributed by atoms with E-state index in [2.05, 4.69) is 4.90 Å². The van der Waals surface area contributed by atoms with Gasteiger partial charge in [-0.2, -0.15) is 4.31 Å². The van der Waals surface area contributed by atoms with Crippen molar-refractivity contribution in [2.24, 2.45) is 5.92 Å². The lowest BCUT2D eigenvalue weighted by Gasteiger charge is -2.45. The van der Waals surface area contributed by atoms with Gasteiger partial charge >= 0.3 is 0 Å². The highest BCUT2D eigenvalue weighted by molar-refractivity contribution is 7.89. The molecule has 1 aromatic carbocycles. The Morgan fingerprint density at radius 3 is 2.31 bits per heavy atom. The van der Waals surface area contributed by atoms with Gasteiger partial charge in [0.25, 0.3) is 0 Å². The summed E-state index contributed by atoms with van der Waals surface area (Å²) in [6.45, 7) is 7.35. The molecule has 2 fully saturated rings. The molecule has 2 aliphatic heterocycles. The van der Waals surface area contributed by atoms with Crippen molar-refractivity contribution < 1.29 is 13.2 Å². The van der Waals surface area contributed by atoms with Crippen molar-refractivity contribution in [2.75, 3.05) is 32.7 Å². The molecule has 1 aromatic rings. The Balaban J connectivity index is 1.85. The van der Waals surface area contributed by atoms with Crippen LogP contribution >= 0.6 is 0 Å². The number of nitrogens with zero attached hydrogens (tertiary/aromatic N) is 3. The number of benzene rings is 1. The molecule has 0 spiro atoms. The Morgan fingerprint density at radius 2 is 1.69 bits per heavy atom. The van der Waals surface area contributed by atoms with E-state index in [-0.39, 0.29) is 11.8 Å². The highest BCUT2D eigenvalue weighted by Gasteiger charge is 2.41. The van der Waals surface area contributed by atoms with Crippen LogP contribution in [-0.2, 0) is 14.8 Å². The first kappa shape index (κ1) is 19.3. The smallest absolute Gasteiger partial charge is 0.244 e. The summed E-state index contributed by atoms with van der Waals surface area (Å²) in [4.78, 5) is 17.2. The highest BCUT2D eigenvalue weighted by atomic mass is 32.2. The molecule has 2 heterocycles. The number of sulfonamides is 1. The van der Waals surface area contributed by atoms with Crippen LogP contribution < -0.4 is 0 Å². The summed E-state index contributed by atoms with van der Waals surface area (Å²) in [5, 5.41) is 0. The Bertz CT molecular complexity index is 715. The Labute approximate surface area is 156 Å². The maximum Gasteiger partial charge on any atom is 0.244 e. The van der Waals surface area contributed by atoms with Crippen LogP contribution in [0.5, 0.6) is 0 Å². The molecule has 0 bridgehead atoms. The molecule has 0 N–H and O–H groups in total. The second-order valence-corrected chi connectivity index (χ2v) is 9.40. The Hall–Kier alpha value is -1.44. The zero-order valence-corrected chi connectivity index (χ0v) is 16.5. The predicted molar refractivity (Wildman–Crippen MR) is 101 cm³/mol. The first-order valence-electron chi connectivity index (χ1n) is 9.50. The van der Waals surface area contributed by atoms with Gasteiger partial charge in [-0.25, -0.2) is 8.42 Å². The van der Waals surface area contributed by atoms with E-state index in [1.807, 2.05) is 13.8 Å². The summed E-state index contributed by atoms with van der Waals surface area (Å²) in [6, 6.07) is 8.52. The first-order chi connectivity index (χ1) is 12.4. The van der Waals surface area contributed by atoms with Crippen LogP contribution in [0, 0.1) is 5.92 Å². The number of carbonyl (C=O) groups is 1. The van der Waals surface area contributed by atoms with Gasteiger partial charge in [0.05, 0.1) is 11.4 Å². The number of carbonyl (C=O) groups excluding carboxylic acids is 1. The summed E-state index contributed by atoms with van der Waals surface area (Å²) in [6.07, 6.45) is 2.51. The lowest BCUT2D eigenvalue weighted by Crippen LogP contribution is -2.60. The molecule has 0 saturated carbocycles. The van der Waals surface area contributed by atoms with Crippen molar-refractivity contribution in [1.82, 2.24) is 14.1 Å². The molecule has 0 radical (unpaired) electrons. The molecule has 1 unspecified atom stereocenters. The first-order valence-corrected chi connectivity index (χ1v) is 10.9. The predicted octanol–water partition coefficient (Wildman–Crippen LogP) is 1.99. The van der Waals surface area contributed by atoms with Gasteiger partial charge in [-0.1, -0.05) is 32.0 Å². The molecule has 0 aliphatic carbocycles. The minimum absolute atomic E-state index is 0.0244. The van der Waals surface area contributed by atoms with Gasteiger partial charge in [-0.15, -0.1) is 0 Å². The fourth-order valence-corrected chi connectivity index (χ4v) is 5.78. The van der Waals surface area contributed by atoms with Crippen molar-refractivity contribution in [1.29, 1.82) is 0 Å². The molecule has 26 heavy (non-hydrogen) atoms. The third-order valence-electron chi connectivity index (χ3n) is 5.22. The number of likely N-dealkylation sites (tertiary alicyclic amines) is 1. The van der Waals surface area contributed by atoms with Crippen molar-refractivity contribution in [3.05, 3.63) is 30.3 Å². The van der Waals surface area contributed by atoms with Crippen LogP contribution in [0.1, 0.15) is 33.1 Å². The molecule has 1 amide bonds. The number of hydrogen-bond donors (Lipinski definition) is 0. The summed E-state index contributed by atoms with van der Waals surface area (Å²) < 4.78 is 27.9. The average Bonchev–Trinajstić information content (AvgIpc) is 3.14. The zero-order valence-electron chi connectivity index (χ0n) is 15.7. The van der Waals surface area contributed by atoms with Crippen LogP contribution in [0.15, 0.2) is 35.2 Å². The second-order valence-electron chi connectivity index (χ2n) is 7.51. The van der Waals surface area contributed by atoms with Crippen LogP contribution in [-0.4, -0.2) is 67.3 Å². The van der Waals surface area contributed by atoms with Crippen LogP contribution in [0.4, 0.5) is 0 Å². The Kier molecular flexibility index (Phi) is 5.99. The molecule has 0 aromatic heterocycles. The molecule has 2 aliphatic rings. The molecule has 6 nitrogen and oxygen atoms in total. The summed E-state index contributed by atoms with van der Waals surface area (Å²) in [7, 11) is -3.62. The molecule has 144 valence electrons. The van der Waals surface area contributed by atoms with Gasteiger partial charge in [0.15, 0.2) is 0 Å². The fourth-order valence-electron chi connectivity index (χ4n) is 3.99. The zero-order chi connectivity index (χ0) is 18.7. The van der Waals surface area contributed by atoms with Gasteiger partial charge in [-0.3, -0.25) is 9.69 Å². The summed E-state index contributed by atoms with van der Waals surface area (Å²) in [5.74, 6) is 0.0647. The van der Waals surface area contributed by atoms with Gasteiger partial charge in [0.2, 0.25) is 15.9 Å². The number of amides is 1. The van der Waals surface area contributed by atoms with E-state index in [0.717, 1.165) is 25.9 Å². The SMILES string of the molecule is CC(C)C1N(C(=O)CN2CCCC2)CCCN1S(=O)(=O)c1ccccc1. The lowest BCUT2D eigenvalue weighted by atomic mass is 10.1. The fraction of sp³-hybridized carbons (Fsp3) is 0.632. The Morgan fingerprint density at radius 1 is 1.04 bits per heavy atom. The maximum atomic E-state index is 13.2. The van der Waals surface area contributed by atoms with Gasteiger partial charge < -0.3 is 4.90 Å². The van der Waals surface area contributed by atoms with Crippen molar-refractivity contribution >= 4 is 15.9 Å². The number of hydrogen-bond acceptors (Lipinski definition) is 4. The largest absolute Gasteiger partial charge is 0.325 e. The third kappa shape index (κ3) is 3.94. The topological polar surface area (TPSA) is 60.9 Å². The summed E-state index contributed by atoms with van der Waals surface area (Å²) >= 11 is 0. The third-order valence-corrected chi connectivity index (χ3v) is 7.10. The molecular weight excluding hydrogens is 350 g/mol. The molecule has 3 rings (SSSR count). The van der Waals surface area contributed by atoms with Crippen molar-refractivity contribution in [2.45, 2.75) is 44.2 Å². The van der Waals surface area contributed by atoms with E-state index >= 15 is 0 Å². The standard InChI is InChI=1S/C19H29N3O3S/c1-16(2)19-21(18(23)15-20-11-6-7-12-20)13-8-14-22(19)26(24,25)17-9-4-3-5-10-17/h3-5,9-10,16,19H,6-8,11-15H2,1-2H3. The molecule has 1 atom stereocenters. The molecule has 7 heteroatoms. The van der Waals surface area contributed by atoms with Crippen LogP contribution in [0.25, 0.3) is 0 Å². The number of rotatable bonds is 5. The minimum atomic E-state index is -3.62. The lowest BCUT2D eigenvalue weighted by molar-refractivity contribution is -0.140. The van der Waals surface area contributed by atoms with Crippen molar-refractivity contribution in [3.63, 3.8) is 0 Å². The van der Waals surface area contributed by atoms with Crippen LogP contribution in [0.3, 0.4) is 0 Å². The van der Waals surface area contributed by atoms with Gasteiger partial charge in [-0.05, 0) is 50.4 Å².